The molecule has 202 valence electrons. The van der Waals surface area contributed by atoms with E-state index < -0.39 is 10.0 Å². The lowest BCUT2D eigenvalue weighted by Crippen LogP contribution is -2.40. The van der Waals surface area contributed by atoms with Crippen LogP contribution >= 0.6 is 15.9 Å². The zero-order valence-electron chi connectivity index (χ0n) is 21.0. The monoisotopic (exact) mass is 612 g/mol. The summed E-state index contributed by atoms with van der Waals surface area (Å²) in [6.07, 6.45) is 0. The third-order valence-corrected chi connectivity index (χ3v) is 8.96. The van der Waals surface area contributed by atoms with Gasteiger partial charge in [-0.1, -0.05) is 12.1 Å². The van der Waals surface area contributed by atoms with E-state index in [0.717, 1.165) is 0 Å². The van der Waals surface area contributed by atoms with Crippen molar-refractivity contribution in [3.8, 4) is 5.75 Å². The highest BCUT2D eigenvalue weighted by atomic mass is 79.9. The number of nitrogens with zero attached hydrogens (tertiary/aromatic N) is 1. The molecule has 1 fully saturated rings. The van der Waals surface area contributed by atoms with Crippen LogP contribution in [0, 0.1) is 0 Å². The van der Waals surface area contributed by atoms with Crippen LogP contribution in [0.1, 0.15) is 26.5 Å². The summed E-state index contributed by atoms with van der Waals surface area (Å²) in [5.41, 5.74) is 1.62. The second kappa shape index (κ2) is 11.3. The van der Waals surface area contributed by atoms with E-state index in [1.165, 1.54) is 35.7 Å². The summed E-state index contributed by atoms with van der Waals surface area (Å²) in [6, 6.07) is 18.0. The largest absolute Gasteiger partial charge is 0.496 e. The normalized spacial score (nSPS) is 14.3. The van der Waals surface area contributed by atoms with E-state index in [9.17, 15) is 18.0 Å². The van der Waals surface area contributed by atoms with E-state index in [1.54, 1.807) is 36.4 Å². The summed E-state index contributed by atoms with van der Waals surface area (Å²) in [6.45, 7) is 1.15. The number of rotatable bonds is 9. The molecule has 0 saturated carbocycles. The fraction of sp³-hybridized carbons (Fsp3) is 0.214. The van der Waals surface area contributed by atoms with Gasteiger partial charge in [0.2, 0.25) is 15.8 Å². The summed E-state index contributed by atoms with van der Waals surface area (Å²) >= 11 is 3.40. The SMILES string of the molecule is COc1ccc(C(=O)c2oc3ccccc3c2NCC(=O)c2ccc(S(=O)(=O)N3CCOCC3)cc2)cc1Br. The van der Waals surface area contributed by atoms with Crippen LogP contribution in [0.4, 0.5) is 5.69 Å². The highest BCUT2D eigenvalue weighted by molar-refractivity contribution is 9.10. The number of hydrogen-bond acceptors (Lipinski definition) is 8. The first kappa shape index (κ1) is 27.1. The van der Waals surface area contributed by atoms with Gasteiger partial charge in [-0.25, -0.2) is 8.42 Å². The average molecular weight is 613 g/mol. The molecule has 9 nitrogen and oxygen atoms in total. The van der Waals surface area contributed by atoms with Gasteiger partial charge >= 0.3 is 0 Å². The zero-order chi connectivity index (χ0) is 27.6. The van der Waals surface area contributed by atoms with Crippen LogP contribution in [0.3, 0.4) is 0 Å². The fourth-order valence-corrected chi connectivity index (χ4v) is 6.29. The van der Waals surface area contributed by atoms with Crippen molar-refractivity contribution in [2.45, 2.75) is 4.90 Å². The van der Waals surface area contributed by atoms with Crippen LogP contribution in [-0.4, -0.2) is 64.2 Å². The smallest absolute Gasteiger partial charge is 0.243 e. The van der Waals surface area contributed by atoms with Gasteiger partial charge in [-0.15, -0.1) is 0 Å². The van der Waals surface area contributed by atoms with Crippen molar-refractivity contribution in [1.82, 2.24) is 4.31 Å². The maximum Gasteiger partial charge on any atom is 0.243 e. The van der Waals surface area contributed by atoms with Crippen molar-refractivity contribution in [3.05, 3.63) is 88.1 Å². The summed E-state index contributed by atoms with van der Waals surface area (Å²) in [5.74, 6) is 0.0280. The predicted molar refractivity (Wildman–Crippen MR) is 149 cm³/mol. The molecular formula is C28H25BrN2O7S. The first-order valence-corrected chi connectivity index (χ1v) is 14.4. The van der Waals surface area contributed by atoms with Gasteiger partial charge in [-0.3, -0.25) is 9.59 Å². The Hall–Kier alpha value is -3.51. The molecule has 1 aliphatic heterocycles. The highest BCUT2D eigenvalue weighted by Gasteiger charge is 2.27. The van der Waals surface area contributed by atoms with E-state index in [1.807, 2.05) is 6.07 Å². The van der Waals surface area contributed by atoms with Gasteiger partial charge in [-0.05, 0) is 70.5 Å². The number of Topliss-reactive ketones (excluding diaryl/α,β-unsaturated/α-hetero) is 1. The minimum atomic E-state index is -3.66. The summed E-state index contributed by atoms with van der Waals surface area (Å²) in [7, 11) is -2.12. The fourth-order valence-electron chi connectivity index (χ4n) is 4.34. The summed E-state index contributed by atoms with van der Waals surface area (Å²) in [5, 5.41) is 3.74. The molecule has 3 aromatic carbocycles. The third-order valence-electron chi connectivity index (χ3n) is 6.43. The van der Waals surface area contributed by atoms with Crippen LogP contribution in [0.25, 0.3) is 11.0 Å². The molecule has 0 unspecified atom stereocenters. The van der Waals surface area contributed by atoms with Crippen LogP contribution in [-0.2, 0) is 14.8 Å². The van der Waals surface area contributed by atoms with Crippen molar-refractivity contribution in [3.63, 3.8) is 0 Å². The van der Waals surface area contributed by atoms with Crippen molar-refractivity contribution in [2.24, 2.45) is 0 Å². The van der Waals surface area contributed by atoms with Gasteiger partial charge < -0.3 is 19.2 Å². The van der Waals surface area contributed by atoms with Crippen molar-refractivity contribution in [1.29, 1.82) is 0 Å². The molecular weight excluding hydrogens is 588 g/mol. The van der Waals surface area contributed by atoms with Crippen LogP contribution < -0.4 is 10.1 Å². The number of morpholine rings is 1. The number of furan rings is 1. The summed E-state index contributed by atoms with van der Waals surface area (Å²) < 4.78 is 44.1. The number of hydrogen-bond donors (Lipinski definition) is 1. The van der Waals surface area contributed by atoms with E-state index in [0.29, 0.717) is 64.3 Å². The predicted octanol–water partition coefficient (Wildman–Crippen LogP) is 4.75. The molecule has 11 heteroatoms. The average Bonchev–Trinajstić information content (AvgIpc) is 3.34. The lowest BCUT2D eigenvalue weighted by Gasteiger charge is -2.26. The lowest BCUT2D eigenvalue weighted by atomic mass is 10.1. The van der Waals surface area contributed by atoms with Gasteiger partial charge in [0.1, 0.15) is 11.3 Å². The molecule has 1 aliphatic rings. The van der Waals surface area contributed by atoms with Gasteiger partial charge in [0.25, 0.3) is 0 Å². The van der Waals surface area contributed by atoms with Gasteiger partial charge in [0.15, 0.2) is 11.5 Å². The van der Waals surface area contributed by atoms with Gasteiger partial charge in [0.05, 0.1) is 41.9 Å². The number of carbonyl (C=O) groups excluding carboxylic acids is 2. The maximum atomic E-state index is 13.4. The highest BCUT2D eigenvalue weighted by Crippen LogP contribution is 2.34. The number of anilines is 1. The third kappa shape index (κ3) is 5.48. The molecule has 0 atom stereocenters. The first-order chi connectivity index (χ1) is 18.8. The molecule has 0 spiro atoms. The van der Waals surface area contributed by atoms with Crippen molar-refractivity contribution in [2.75, 3.05) is 45.3 Å². The molecule has 5 rings (SSSR count). The number of ether oxygens (including phenoxy) is 2. The molecule has 1 aromatic heterocycles. The number of halogens is 1. The number of methoxy groups -OCH3 is 1. The topological polar surface area (TPSA) is 115 Å². The van der Waals surface area contributed by atoms with Gasteiger partial charge in [0, 0.05) is 29.6 Å². The Bertz CT molecular complexity index is 1640. The Kier molecular flexibility index (Phi) is 7.85. The van der Waals surface area contributed by atoms with E-state index in [-0.39, 0.29) is 28.8 Å². The second-order valence-electron chi connectivity index (χ2n) is 8.80. The molecule has 39 heavy (non-hydrogen) atoms. The number of sulfonamides is 1. The van der Waals surface area contributed by atoms with E-state index in [2.05, 4.69) is 21.2 Å². The first-order valence-electron chi connectivity index (χ1n) is 12.1. The van der Waals surface area contributed by atoms with Crippen molar-refractivity contribution >= 4 is 54.2 Å². The molecule has 1 saturated heterocycles. The molecule has 0 bridgehead atoms. The van der Waals surface area contributed by atoms with Crippen LogP contribution in [0.15, 0.2) is 80.5 Å². The van der Waals surface area contributed by atoms with Crippen LogP contribution in [0.5, 0.6) is 5.75 Å². The second-order valence-corrected chi connectivity index (χ2v) is 11.6. The lowest BCUT2D eigenvalue weighted by molar-refractivity contribution is 0.0730. The number of fused-ring (bicyclic) bond motifs is 1. The van der Waals surface area contributed by atoms with Crippen molar-refractivity contribution < 1.29 is 31.9 Å². The molecule has 0 amide bonds. The number of carbonyl (C=O) groups is 2. The Morgan fingerprint density at radius 2 is 1.69 bits per heavy atom. The quantitative estimate of drug-likeness (QED) is 0.269. The van der Waals surface area contributed by atoms with Gasteiger partial charge in [-0.2, -0.15) is 4.31 Å². The van der Waals surface area contributed by atoms with Crippen LogP contribution in [0.2, 0.25) is 0 Å². The Labute approximate surface area is 233 Å². The molecule has 2 heterocycles. The zero-order valence-corrected chi connectivity index (χ0v) is 23.4. The molecule has 0 radical (unpaired) electrons. The molecule has 0 aliphatic carbocycles. The standard InChI is InChI=1S/C28H25BrN2O7S/c1-36-25-11-8-19(16-22(25)29)27(33)28-26(21-4-2-3-5-24(21)38-28)30-17-23(32)18-6-9-20(10-7-18)39(34,35)31-12-14-37-15-13-31/h2-11,16,30H,12-15,17H2,1H3. The Morgan fingerprint density at radius 3 is 2.38 bits per heavy atom. The number of nitrogens with one attached hydrogen (secondary N) is 1. The molecule has 1 N–H and O–H groups in total. The van der Waals surface area contributed by atoms with E-state index in [4.69, 9.17) is 13.9 Å². The van der Waals surface area contributed by atoms with E-state index >= 15 is 0 Å². The summed E-state index contributed by atoms with van der Waals surface area (Å²) in [4.78, 5) is 26.6. The number of benzene rings is 3. The Balaban J connectivity index is 1.36. The Morgan fingerprint density at radius 1 is 1.00 bits per heavy atom. The minimum absolute atomic E-state index is 0.0769. The minimum Gasteiger partial charge on any atom is -0.496 e. The maximum absolute atomic E-state index is 13.4. The number of para-hydroxylation sites is 1. The molecule has 4 aromatic rings. The number of ketones is 2.